The number of anilines is 2. The van der Waals surface area contributed by atoms with Gasteiger partial charge < -0.3 is 5.32 Å². The molecule has 1 aliphatic rings. The van der Waals surface area contributed by atoms with Crippen LogP contribution in [-0.2, 0) is 5.41 Å². The third-order valence-electron chi connectivity index (χ3n) is 5.51. The van der Waals surface area contributed by atoms with Gasteiger partial charge in [-0.2, -0.15) is 0 Å². The van der Waals surface area contributed by atoms with Gasteiger partial charge in [-0.15, -0.1) is 0 Å². The molecule has 0 saturated carbocycles. The van der Waals surface area contributed by atoms with Gasteiger partial charge in [0.05, 0.1) is 0 Å². The zero-order valence-electron chi connectivity index (χ0n) is 16.2. The molecular weight excluding hydrogens is 326 g/mol. The normalized spacial score (nSPS) is 15.4. The van der Waals surface area contributed by atoms with Gasteiger partial charge in [0.15, 0.2) is 0 Å². The molecule has 4 rings (SSSR count). The Hall–Kier alpha value is -3.06. The third-order valence-corrected chi connectivity index (χ3v) is 5.51. The van der Waals surface area contributed by atoms with Gasteiger partial charge >= 0.3 is 0 Å². The van der Waals surface area contributed by atoms with Crippen LogP contribution in [0.4, 0.5) is 11.4 Å². The molecule has 1 N–H and O–H groups in total. The molecule has 0 aliphatic heterocycles. The molecule has 0 heterocycles. The number of rotatable bonds is 4. The van der Waals surface area contributed by atoms with E-state index >= 15 is 0 Å². The van der Waals surface area contributed by atoms with Crippen molar-refractivity contribution in [3.63, 3.8) is 0 Å². The topological polar surface area (TPSA) is 12.0 Å². The minimum Gasteiger partial charge on any atom is -0.355 e. The summed E-state index contributed by atoms with van der Waals surface area (Å²) in [6, 6.07) is 21.4. The fraction of sp³-hybridized carbons (Fsp3) is 0.154. The molecule has 134 valence electrons. The molecule has 1 aliphatic carbocycles. The SMILES string of the molecule is C=CC1=C(/C=C\C)c2cc(Nc3ccccc3)c3ccccc3c2C1(C)C. The van der Waals surface area contributed by atoms with Crippen molar-refractivity contribution >= 4 is 27.7 Å². The number of hydrogen-bond acceptors (Lipinski definition) is 1. The molecule has 0 fully saturated rings. The standard InChI is InChI=1S/C26H25N/c1-5-12-19-22-17-24(27-18-13-8-7-9-14-18)20-15-10-11-16-21(20)25(22)26(3,4)23(19)6-2/h5-17,27H,2H2,1,3-4H3/b12-5-. The van der Waals surface area contributed by atoms with E-state index in [1.54, 1.807) is 0 Å². The Morgan fingerprint density at radius 3 is 2.26 bits per heavy atom. The lowest BCUT2D eigenvalue weighted by atomic mass is 9.79. The summed E-state index contributed by atoms with van der Waals surface area (Å²) in [7, 11) is 0. The molecule has 0 radical (unpaired) electrons. The number of hydrogen-bond donors (Lipinski definition) is 1. The van der Waals surface area contributed by atoms with E-state index in [-0.39, 0.29) is 5.41 Å². The summed E-state index contributed by atoms with van der Waals surface area (Å²) >= 11 is 0. The minimum absolute atomic E-state index is 0.0726. The lowest BCUT2D eigenvalue weighted by Gasteiger charge is -2.25. The second-order valence-electron chi connectivity index (χ2n) is 7.54. The lowest BCUT2D eigenvalue weighted by Crippen LogP contribution is -2.16. The van der Waals surface area contributed by atoms with Gasteiger partial charge in [-0.05, 0) is 52.8 Å². The lowest BCUT2D eigenvalue weighted by molar-refractivity contribution is 0.660. The highest BCUT2D eigenvalue weighted by atomic mass is 14.9. The maximum absolute atomic E-state index is 4.12. The Morgan fingerprint density at radius 2 is 1.59 bits per heavy atom. The van der Waals surface area contributed by atoms with E-state index < -0.39 is 0 Å². The highest BCUT2D eigenvalue weighted by Gasteiger charge is 2.37. The molecule has 1 nitrogen and oxygen atoms in total. The van der Waals surface area contributed by atoms with Crippen molar-refractivity contribution in [2.45, 2.75) is 26.2 Å². The van der Waals surface area contributed by atoms with Crippen LogP contribution in [0.1, 0.15) is 31.9 Å². The Kier molecular flexibility index (Phi) is 4.24. The summed E-state index contributed by atoms with van der Waals surface area (Å²) in [4.78, 5) is 0. The van der Waals surface area contributed by atoms with Crippen LogP contribution < -0.4 is 5.32 Å². The second-order valence-corrected chi connectivity index (χ2v) is 7.54. The fourth-order valence-corrected chi connectivity index (χ4v) is 4.37. The number of para-hydroxylation sites is 1. The van der Waals surface area contributed by atoms with Gasteiger partial charge in [0.25, 0.3) is 0 Å². The van der Waals surface area contributed by atoms with Crippen molar-refractivity contribution in [2.24, 2.45) is 0 Å². The van der Waals surface area contributed by atoms with Crippen molar-refractivity contribution in [2.75, 3.05) is 5.32 Å². The second kappa shape index (κ2) is 6.59. The molecule has 0 spiro atoms. The molecule has 0 amide bonds. The summed E-state index contributed by atoms with van der Waals surface area (Å²) in [6.07, 6.45) is 6.35. The first-order chi connectivity index (χ1) is 13.1. The highest BCUT2D eigenvalue weighted by molar-refractivity contribution is 6.05. The summed E-state index contributed by atoms with van der Waals surface area (Å²) in [5.74, 6) is 0. The van der Waals surface area contributed by atoms with E-state index in [2.05, 4.69) is 99.4 Å². The number of fused-ring (bicyclic) bond motifs is 3. The molecular formula is C26H25N. The maximum Gasteiger partial charge on any atom is 0.0470 e. The maximum atomic E-state index is 4.12. The van der Waals surface area contributed by atoms with Gasteiger partial charge in [0.1, 0.15) is 0 Å². The molecule has 27 heavy (non-hydrogen) atoms. The molecule has 3 aromatic carbocycles. The number of benzene rings is 3. The van der Waals surface area contributed by atoms with E-state index in [0.29, 0.717) is 0 Å². The van der Waals surface area contributed by atoms with Crippen LogP contribution in [0.25, 0.3) is 16.3 Å². The first-order valence-corrected chi connectivity index (χ1v) is 9.46. The van der Waals surface area contributed by atoms with Crippen molar-refractivity contribution in [1.82, 2.24) is 0 Å². The Balaban J connectivity index is 2.03. The Bertz CT molecular complexity index is 1080. The summed E-state index contributed by atoms with van der Waals surface area (Å²) in [5, 5.41) is 6.18. The van der Waals surface area contributed by atoms with Gasteiger partial charge in [0, 0.05) is 22.2 Å². The largest absolute Gasteiger partial charge is 0.355 e. The summed E-state index contributed by atoms with van der Waals surface area (Å²) in [5.41, 5.74) is 7.41. The predicted octanol–water partition coefficient (Wildman–Crippen LogP) is 7.39. The van der Waals surface area contributed by atoms with E-state index in [0.717, 1.165) is 11.4 Å². The van der Waals surface area contributed by atoms with E-state index in [4.69, 9.17) is 0 Å². The van der Waals surface area contributed by atoms with Crippen LogP contribution in [0.15, 0.2) is 91.0 Å². The Morgan fingerprint density at radius 1 is 0.926 bits per heavy atom. The molecule has 0 aromatic heterocycles. The van der Waals surface area contributed by atoms with E-state index in [1.165, 1.54) is 33.0 Å². The summed E-state index contributed by atoms with van der Waals surface area (Å²) in [6.45, 7) is 10.8. The van der Waals surface area contributed by atoms with Crippen LogP contribution in [0.3, 0.4) is 0 Å². The van der Waals surface area contributed by atoms with Crippen LogP contribution >= 0.6 is 0 Å². The van der Waals surface area contributed by atoms with Crippen LogP contribution in [0, 0.1) is 0 Å². The van der Waals surface area contributed by atoms with Crippen LogP contribution in [-0.4, -0.2) is 0 Å². The molecule has 3 aromatic rings. The first-order valence-electron chi connectivity index (χ1n) is 9.46. The van der Waals surface area contributed by atoms with E-state index in [9.17, 15) is 0 Å². The van der Waals surface area contributed by atoms with Crippen molar-refractivity contribution < 1.29 is 0 Å². The molecule has 1 heteroatoms. The highest BCUT2D eigenvalue weighted by Crippen LogP contribution is 2.51. The minimum atomic E-state index is -0.0726. The zero-order chi connectivity index (χ0) is 19.0. The van der Waals surface area contributed by atoms with Gasteiger partial charge in [-0.3, -0.25) is 0 Å². The summed E-state index contributed by atoms with van der Waals surface area (Å²) < 4.78 is 0. The number of nitrogens with one attached hydrogen (secondary N) is 1. The van der Waals surface area contributed by atoms with E-state index in [1.807, 2.05) is 12.1 Å². The van der Waals surface area contributed by atoms with Crippen molar-refractivity contribution in [1.29, 1.82) is 0 Å². The number of allylic oxidation sites excluding steroid dienone is 5. The molecule has 0 unspecified atom stereocenters. The van der Waals surface area contributed by atoms with Gasteiger partial charge in [-0.25, -0.2) is 0 Å². The van der Waals surface area contributed by atoms with Crippen LogP contribution in [0.2, 0.25) is 0 Å². The fourth-order valence-electron chi connectivity index (χ4n) is 4.37. The average Bonchev–Trinajstić information content (AvgIpc) is 2.89. The van der Waals surface area contributed by atoms with Crippen molar-refractivity contribution in [3.8, 4) is 0 Å². The van der Waals surface area contributed by atoms with Gasteiger partial charge in [0.2, 0.25) is 0 Å². The quantitative estimate of drug-likeness (QED) is 0.516. The third kappa shape index (κ3) is 2.71. The molecule has 0 bridgehead atoms. The van der Waals surface area contributed by atoms with Crippen molar-refractivity contribution in [3.05, 3.63) is 102 Å². The average molecular weight is 351 g/mol. The monoisotopic (exact) mass is 351 g/mol. The molecule has 0 saturated heterocycles. The van der Waals surface area contributed by atoms with Gasteiger partial charge in [-0.1, -0.05) is 81.1 Å². The van der Waals surface area contributed by atoms with Crippen LogP contribution in [0.5, 0.6) is 0 Å². The predicted molar refractivity (Wildman–Crippen MR) is 119 cm³/mol. The zero-order valence-corrected chi connectivity index (χ0v) is 16.2. The Labute approximate surface area is 161 Å². The molecule has 0 atom stereocenters. The smallest absolute Gasteiger partial charge is 0.0470 e. The first kappa shape index (κ1) is 17.4.